The second-order valence-electron chi connectivity index (χ2n) is 12.6. The Kier molecular flexibility index (Phi) is 7.38. The van der Waals surface area contributed by atoms with E-state index in [1.807, 2.05) is 23.1 Å². The quantitative estimate of drug-likeness (QED) is 0.250. The number of fused-ring (bicyclic) bond motifs is 11. The Bertz CT molecular complexity index is 1780. The van der Waals surface area contributed by atoms with Gasteiger partial charge in [-0.1, -0.05) is 25.1 Å². The van der Waals surface area contributed by atoms with Crippen LogP contribution in [0.1, 0.15) is 53.8 Å². The zero-order chi connectivity index (χ0) is 31.6. The highest BCUT2D eigenvalue weighted by atomic mass is 32.2. The number of ether oxygens (including phenoxy) is 3. The van der Waals surface area contributed by atoms with Crippen molar-refractivity contribution in [3.63, 3.8) is 0 Å². The third-order valence-electron chi connectivity index (χ3n) is 11.0. The van der Waals surface area contributed by atoms with Gasteiger partial charge in [0, 0.05) is 45.8 Å². The van der Waals surface area contributed by atoms with Crippen molar-refractivity contribution in [2.24, 2.45) is 29.1 Å². The lowest BCUT2D eigenvalue weighted by Gasteiger charge is -2.59. The van der Waals surface area contributed by atoms with E-state index in [0.717, 1.165) is 35.9 Å². The van der Waals surface area contributed by atoms with Crippen LogP contribution in [0.3, 0.4) is 0 Å². The number of carbonyl (C=O) groups excluding carboxylic acids is 3. The average molecular weight is 631 g/mol. The molecule has 4 aliphatic rings. The van der Waals surface area contributed by atoms with Crippen molar-refractivity contribution < 1.29 is 32.8 Å². The molecular formula is C35H38N2O7S. The zero-order valence-corrected chi connectivity index (χ0v) is 26.8. The van der Waals surface area contributed by atoms with E-state index in [0.29, 0.717) is 34.1 Å². The van der Waals surface area contributed by atoms with Gasteiger partial charge in [0.2, 0.25) is 5.91 Å². The molecule has 1 amide bonds. The minimum absolute atomic E-state index is 0.103. The molecule has 3 aromatic rings. The summed E-state index contributed by atoms with van der Waals surface area (Å²) in [4.78, 5) is 42.7. The van der Waals surface area contributed by atoms with Gasteiger partial charge in [-0.2, -0.15) is 0 Å². The Morgan fingerprint density at radius 3 is 2.58 bits per heavy atom. The molecule has 45 heavy (non-hydrogen) atoms. The molecular weight excluding hydrogens is 592 g/mol. The van der Waals surface area contributed by atoms with E-state index < -0.39 is 22.9 Å². The zero-order valence-electron chi connectivity index (χ0n) is 26.0. The number of hydrogen-bond acceptors (Lipinski definition) is 7. The molecule has 3 aliphatic carbocycles. The predicted molar refractivity (Wildman–Crippen MR) is 169 cm³/mol. The lowest BCUT2D eigenvalue weighted by molar-refractivity contribution is -0.163. The second kappa shape index (κ2) is 11.2. The van der Waals surface area contributed by atoms with E-state index in [2.05, 4.69) is 19.1 Å². The van der Waals surface area contributed by atoms with Crippen molar-refractivity contribution in [3.05, 3.63) is 71.4 Å². The van der Waals surface area contributed by atoms with Crippen LogP contribution in [0.5, 0.6) is 5.75 Å². The van der Waals surface area contributed by atoms with Crippen molar-refractivity contribution in [3.8, 4) is 5.75 Å². The molecule has 0 N–H and O–H groups in total. The standard InChI is InChI=1S/C35H38N2O7S/c1-5-35-14-13-26-29(25-12-11-23(42-2)19-27(25)37(26)34(40)44-4)31(35)36(32(38)28-20-9-10-21(17-20)30(28)35)15-16-45(41)24-8-6-7-22(18-24)33(39)43-3/h6-12,18-21,28,30-31H,5,13-17H2,1-4H3/t20-,21+,28-,30+,31-,35-,45?/m1/s1. The van der Waals surface area contributed by atoms with E-state index in [1.165, 1.54) is 14.2 Å². The number of piperidine rings is 1. The Balaban J connectivity index is 1.36. The van der Waals surface area contributed by atoms with Crippen molar-refractivity contribution in [1.29, 1.82) is 0 Å². The summed E-state index contributed by atoms with van der Waals surface area (Å²) in [5.41, 5.74) is 2.67. The highest BCUT2D eigenvalue weighted by molar-refractivity contribution is 7.85. The molecule has 1 saturated heterocycles. The van der Waals surface area contributed by atoms with Gasteiger partial charge in [-0.3, -0.25) is 9.00 Å². The van der Waals surface area contributed by atoms with Crippen molar-refractivity contribution in [1.82, 2.24) is 9.47 Å². The maximum absolute atomic E-state index is 14.7. The number of aromatic nitrogens is 1. The van der Waals surface area contributed by atoms with Crippen LogP contribution in [0, 0.1) is 29.1 Å². The molecule has 2 fully saturated rings. The van der Waals surface area contributed by atoms with Gasteiger partial charge >= 0.3 is 12.1 Å². The number of carbonyl (C=O) groups is 3. The summed E-state index contributed by atoms with van der Waals surface area (Å²) in [5.74, 6) is 1.11. The van der Waals surface area contributed by atoms with Gasteiger partial charge in [-0.05, 0) is 79.2 Å². The van der Waals surface area contributed by atoms with E-state index in [1.54, 1.807) is 35.9 Å². The molecule has 1 unspecified atom stereocenters. The fraction of sp³-hybridized carbons (Fsp3) is 0.457. The van der Waals surface area contributed by atoms with E-state index in [4.69, 9.17) is 14.2 Å². The number of rotatable bonds is 7. The molecule has 1 aliphatic heterocycles. The minimum atomic E-state index is -1.47. The van der Waals surface area contributed by atoms with Gasteiger partial charge in [0.25, 0.3) is 0 Å². The number of methoxy groups -OCH3 is 3. The largest absolute Gasteiger partial charge is 0.497 e. The topological polar surface area (TPSA) is 104 Å². The monoisotopic (exact) mass is 630 g/mol. The first-order valence-electron chi connectivity index (χ1n) is 15.6. The molecule has 2 aromatic carbocycles. The van der Waals surface area contributed by atoms with E-state index in [9.17, 15) is 18.6 Å². The summed E-state index contributed by atoms with van der Waals surface area (Å²) >= 11 is 0. The third kappa shape index (κ3) is 4.31. The Morgan fingerprint density at radius 1 is 1.04 bits per heavy atom. The highest BCUT2D eigenvalue weighted by Crippen LogP contribution is 2.68. The van der Waals surface area contributed by atoms with E-state index in [-0.39, 0.29) is 47.4 Å². The molecule has 236 valence electrons. The van der Waals surface area contributed by atoms with Gasteiger partial charge in [0.1, 0.15) is 5.75 Å². The molecule has 2 heterocycles. The molecule has 7 atom stereocenters. The van der Waals surface area contributed by atoms with E-state index >= 15 is 0 Å². The lowest BCUT2D eigenvalue weighted by atomic mass is 9.52. The number of esters is 1. The summed E-state index contributed by atoms with van der Waals surface area (Å²) in [5, 5.41) is 0.903. The van der Waals surface area contributed by atoms with Crippen LogP contribution in [0.2, 0.25) is 0 Å². The summed E-state index contributed by atoms with van der Waals surface area (Å²) in [6.07, 6.45) is 7.46. The van der Waals surface area contributed by atoms with Crippen LogP contribution in [0.25, 0.3) is 10.9 Å². The summed E-state index contributed by atoms with van der Waals surface area (Å²) in [6, 6.07) is 12.1. The summed E-state index contributed by atoms with van der Waals surface area (Å²) in [6.45, 7) is 2.52. The Hall–Kier alpha value is -3.92. The highest BCUT2D eigenvalue weighted by Gasteiger charge is 2.65. The van der Waals surface area contributed by atoms with Gasteiger partial charge < -0.3 is 19.1 Å². The number of hydrogen-bond donors (Lipinski definition) is 0. The molecule has 1 saturated carbocycles. The van der Waals surface area contributed by atoms with Crippen LogP contribution in [-0.4, -0.2) is 65.3 Å². The van der Waals surface area contributed by atoms with Crippen LogP contribution in [0.15, 0.2) is 59.5 Å². The number of benzene rings is 2. The first kappa shape index (κ1) is 29.8. The molecule has 0 radical (unpaired) electrons. The van der Waals surface area contributed by atoms with Gasteiger partial charge in [0.05, 0.1) is 49.3 Å². The Morgan fingerprint density at radius 2 is 1.84 bits per heavy atom. The second-order valence-corrected chi connectivity index (χ2v) is 14.2. The average Bonchev–Trinajstić information content (AvgIpc) is 3.79. The van der Waals surface area contributed by atoms with Crippen molar-refractivity contribution >= 4 is 39.7 Å². The Labute approximate surface area is 264 Å². The van der Waals surface area contributed by atoms with Crippen LogP contribution in [-0.2, 0) is 31.5 Å². The van der Waals surface area contributed by atoms with Gasteiger partial charge in [0.15, 0.2) is 0 Å². The molecule has 2 bridgehead atoms. The van der Waals surface area contributed by atoms with Crippen LogP contribution in [0.4, 0.5) is 4.79 Å². The van der Waals surface area contributed by atoms with Crippen molar-refractivity contribution in [2.75, 3.05) is 33.6 Å². The van der Waals surface area contributed by atoms with Gasteiger partial charge in [-0.15, -0.1) is 0 Å². The fourth-order valence-corrected chi connectivity index (χ4v) is 10.3. The molecule has 0 spiro atoms. The fourth-order valence-electron chi connectivity index (χ4n) is 9.20. The molecule has 10 heteroatoms. The molecule has 7 rings (SSSR count). The number of likely N-dealkylation sites (tertiary alicyclic amines) is 1. The predicted octanol–water partition coefficient (Wildman–Crippen LogP) is 5.52. The first-order chi connectivity index (χ1) is 21.8. The van der Waals surface area contributed by atoms with Crippen molar-refractivity contribution in [2.45, 2.75) is 43.5 Å². The number of allylic oxidation sites excluding steroid dienone is 2. The lowest BCUT2D eigenvalue weighted by Crippen LogP contribution is -2.61. The minimum Gasteiger partial charge on any atom is -0.497 e. The summed E-state index contributed by atoms with van der Waals surface area (Å²) < 4.78 is 31.0. The molecule has 9 nitrogen and oxygen atoms in total. The smallest absolute Gasteiger partial charge is 0.418 e. The summed E-state index contributed by atoms with van der Waals surface area (Å²) in [7, 11) is 2.83. The van der Waals surface area contributed by atoms with Gasteiger partial charge in [-0.25, -0.2) is 14.2 Å². The number of amides is 1. The molecule has 1 aromatic heterocycles. The number of nitrogens with zero attached hydrogens (tertiary/aromatic N) is 2. The maximum atomic E-state index is 14.7. The SMILES string of the molecule is CC[C@]12CCc3c(c4ccc(OC)cc4n3C(=O)OC)[C@H]1N(CCS(=O)c1cccc(C(=O)OC)c1)C(=O)[C@H]1[C@@H]2[C@H]2C=C[C@@H]1C2. The van der Waals surface area contributed by atoms with Crippen LogP contribution < -0.4 is 4.74 Å². The van der Waals surface area contributed by atoms with Crippen LogP contribution >= 0.6 is 0 Å². The first-order valence-corrected chi connectivity index (χ1v) is 16.9. The maximum Gasteiger partial charge on any atom is 0.418 e. The third-order valence-corrected chi connectivity index (χ3v) is 12.3. The normalized spacial score (nSPS) is 28.4.